The molecule has 0 aromatic carbocycles. The van der Waals surface area contributed by atoms with Gasteiger partial charge in [0.15, 0.2) is 17.4 Å². The van der Waals surface area contributed by atoms with Crippen LogP contribution in [-0.2, 0) is 4.74 Å². The number of hydrogen-bond acceptors (Lipinski definition) is 5. The molecule has 7 heteroatoms. The first-order chi connectivity index (χ1) is 3.13. The first-order valence-corrected chi connectivity index (χ1v) is 1.22. The molecular weight excluding hydrogens is 171 g/mol. The monoisotopic (exact) mass is 174 g/mol. The van der Waals surface area contributed by atoms with E-state index in [0.717, 1.165) is 0 Å². The minimum absolute atomic E-state index is 0. The maximum Gasteiger partial charge on any atom is 2.00 e. The quantitative estimate of drug-likeness (QED) is 0.213. The second-order valence-corrected chi connectivity index (χ2v) is 0.602. The van der Waals surface area contributed by atoms with Crippen LogP contribution in [0.15, 0.2) is 0 Å². The van der Waals surface area contributed by atoms with Crippen molar-refractivity contribution in [2.75, 3.05) is 0 Å². The van der Waals surface area contributed by atoms with Gasteiger partial charge in [-0.1, -0.05) is 0 Å². The van der Waals surface area contributed by atoms with E-state index in [1.807, 2.05) is 0 Å². The topological polar surface area (TPSA) is 89.5 Å². The van der Waals surface area contributed by atoms with Gasteiger partial charge in [0, 0.05) is 0 Å². The average Bonchev–Trinajstić information content (AvgIpc) is 1.27. The van der Waals surface area contributed by atoms with Crippen LogP contribution in [0, 0.1) is 0 Å². The fraction of sp³-hybridized carbons (Fsp3) is 0. The number of rotatable bonds is 0. The number of carbonyl (C=O) groups excluding carboxylic acids is 2. The summed E-state index contributed by atoms with van der Waals surface area (Å²) in [6.07, 6.45) is -4.25. The van der Waals surface area contributed by atoms with Crippen molar-refractivity contribution in [3.05, 3.63) is 0 Å². The van der Waals surface area contributed by atoms with Gasteiger partial charge in [-0.15, -0.1) is 0 Å². The predicted molar refractivity (Wildman–Crippen MR) is 27.6 cm³/mol. The zero-order chi connectivity index (χ0) is 5.86. The molecule has 0 aliphatic heterocycles. The Labute approximate surface area is 91.1 Å². The van der Waals surface area contributed by atoms with Crippen molar-refractivity contribution in [2.24, 2.45) is 0 Å². The molecule has 0 aromatic rings. The molecule has 0 atom stereocenters. The van der Waals surface area contributed by atoms with E-state index in [-0.39, 0.29) is 55.1 Å². The number of ether oxygens (including phenoxy) is 1. The van der Waals surface area contributed by atoms with Gasteiger partial charge >= 0.3 is 37.7 Å². The van der Waals surface area contributed by atoms with Crippen LogP contribution in [0.1, 0.15) is 0 Å². The minimum Gasteiger partial charge on any atom is -0.483 e. The summed E-state index contributed by atoms with van der Waals surface area (Å²) >= 11 is 0. The second-order valence-electron chi connectivity index (χ2n) is 0.602. The van der Waals surface area contributed by atoms with Gasteiger partial charge in [0.05, 0.1) is 0 Å². The second kappa shape index (κ2) is 8.53. The maximum atomic E-state index is 9.06. The van der Waals surface area contributed by atoms with Crippen LogP contribution in [0.25, 0.3) is 0 Å². The zero-order valence-electron chi connectivity index (χ0n) is 3.75. The molecule has 0 saturated carbocycles. The summed E-state index contributed by atoms with van der Waals surface area (Å²) in [5.41, 5.74) is 0. The first-order valence-electron chi connectivity index (χ1n) is 1.22. The molecule has 0 spiro atoms. The van der Waals surface area contributed by atoms with Crippen LogP contribution in [0.4, 0.5) is 9.59 Å². The molecular formula is C2H3AlCaO5. The summed E-state index contributed by atoms with van der Waals surface area (Å²) < 4.78 is 2.86. The van der Waals surface area contributed by atoms with Gasteiger partial charge in [0.1, 0.15) is 0 Å². The third kappa shape index (κ3) is 17.7. The molecule has 0 aliphatic rings. The molecule has 46 valence electrons. The van der Waals surface area contributed by atoms with Gasteiger partial charge in [-0.2, -0.15) is 0 Å². The molecule has 0 aliphatic carbocycles. The Kier molecular flexibility index (Phi) is 15.4. The molecule has 0 rings (SSSR count). The molecule has 0 fully saturated rings. The third-order valence-electron chi connectivity index (χ3n) is 0.167. The minimum atomic E-state index is -2.12. The van der Waals surface area contributed by atoms with E-state index in [9.17, 15) is 0 Å². The summed E-state index contributed by atoms with van der Waals surface area (Å²) in [5, 5.41) is 18.1. The molecule has 5 nitrogen and oxygen atoms in total. The van der Waals surface area contributed by atoms with Crippen LogP contribution in [0.2, 0.25) is 0 Å². The van der Waals surface area contributed by atoms with E-state index in [4.69, 9.17) is 19.8 Å². The number of hydrogen-bond donors (Lipinski definition) is 0. The van der Waals surface area contributed by atoms with Gasteiger partial charge in [-0.3, -0.25) is 0 Å². The van der Waals surface area contributed by atoms with E-state index in [1.165, 1.54) is 0 Å². The predicted octanol–water partition coefficient (Wildman–Crippen LogP) is -3.88. The Morgan fingerprint density at radius 2 is 1.33 bits per heavy atom. The van der Waals surface area contributed by atoms with Crippen molar-refractivity contribution >= 4 is 67.4 Å². The van der Waals surface area contributed by atoms with Crippen molar-refractivity contribution in [2.45, 2.75) is 0 Å². The number of carbonyl (C=O) groups is 2. The standard InChI is InChI=1S/C2H2O5.Al.Ca.3H/c3-1(4)7-2(5)6;;;;;/h(H,3,4)(H,5,6);;;;;/q;;+2;;;/p-2. The molecule has 0 saturated heterocycles. The summed E-state index contributed by atoms with van der Waals surface area (Å²) in [6.45, 7) is 0. The van der Waals surface area contributed by atoms with Crippen molar-refractivity contribution in [1.29, 1.82) is 0 Å². The largest absolute Gasteiger partial charge is 2.00 e. The smallest absolute Gasteiger partial charge is 0.483 e. The Bertz CT molecular complexity index is 91.1. The van der Waals surface area contributed by atoms with E-state index in [2.05, 4.69) is 4.74 Å². The van der Waals surface area contributed by atoms with Gasteiger partial charge < -0.3 is 24.5 Å². The van der Waals surface area contributed by atoms with Gasteiger partial charge in [-0.05, 0) is 0 Å². The van der Waals surface area contributed by atoms with Crippen LogP contribution < -0.4 is 10.2 Å². The molecule has 0 amide bonds. The van der Waals surface area contributed by atoms with Crippen molar-refractivity contribution in [3.8, 4) is 0 Å². The Morgan fingerprint density at radius 3 is 1.33 bits per heavy atom. The van der Waals surface area contributed by atoms with Crippen molar-refractivity contribution in [1.82, 2.24) is 0 Å². The summed E-state index contributed by atoms with van der Waals surface area (Å²) in [5.74, 6) is 0. The summed E-state index contributed by atoms with van der Waals surface area (Å²) in [6, 6.07) is 0. The van der Waals surface area contributed by atoms with E-state index >= 15 is 0 Å². The van der Waals surface area contributed by atoms with Gasteiger partial charge in [-0.25, -0.2) is 0 Å². The fourth-order valence-corrected chi connectivity index (χ4v) is 0.0680. The van der Waals surface area contributed by atoms with E-state index in [0.29, 0.717) is 0 Å². The molecule has 9 heavy (non-hydrogen) atoms. The van der Waals surface area contributed by atoms with Crippen molar-refractivity contribution in [3.63, 3.8) is 0 Å². The zero-order valence-corrected chi connectivity index (χ0v) is 5.96. The molecule has 0 N–H and O–H groups in total. The van der Waals surface area contributed by atoms with E-state index < -0.39 is 12.3 Å². The molecule has 0 bridgehead atoms. The average molecular weight is 174 g/mol. The summed E-state index contributed by atoms with van der Waals surface area (Å²) in [7, 11) is 0. The van der Waals surface area contributed by atoms with Crippen LogP contribution >= 0.6 is 0 Å². The van der Waals surface area contributed by atoms with Gasteiger partial charge in [0.25, 0.3) is 12.3 Å². The number of carboxylic acid groups (broad SMARTS) is 2. The van der Waals surface area contributed by atoms with E-state index in [1.54, 1.807) is 0 Å². The third-order valence-corrected chi connectivity index (χ3v) is 0.167. The van der Waals surface area contributed by atoms with Crippen LogP contribution in [0.5, 0.6) is 0 Å². The maximum absolute atomic E-state index is 9.06. The molecule has 0 aromatic heterocycles. The SMILES string of the molecule is O=C([O-])OC(=O)[O-].[AlH3].[Ca+2]. The Hall–Kier alpha value is 0.532. The Morgan fingerprint density at radius 1 is 1.11 bits per heavy atom. The van der Waals surface area contributed by atoms with Crippen LogP contribution in [-0.4, -0.2) is 67.4 Å². The first kappa shape index (κ1) is 16.3. The fourth-order valence-electron chi connectivity index (χ4n) is 0.0680. The molecule has 0 radical (unpaired) electrons. The molecule has 0 heterocycles. The van der Waals surface area contributed by atoms with Crippen LogP contribution in [0.3, 0.4) is 0 Å². The summed E-state index contributed by atoms with van der Waals surface area (Å²) in [4.78, 5) is 18.1. The van der Waals surface area contributed by atoms with Crippen molar-refractivity contribution < 1.29 is 24.5 Å². The molecule has 0 unspecified atom stereocenters. The van der Waals surface area contributed by atoms with Gasteiger partial charge in [0.2, 0.25) is 0 Å². The Balaban J connectivity index is -0.000000180. The normalized spacial score (nSPS) is 5.78.